The Morgan fingerprint density at radius 3 is 2.56 bits per heavy atom. The summed E-state index contributed by atoms with van der Waals surface area (Å²) in [7, 11) is -3.91. The number of carbonyl (C=O) groups is 1. The van der Waals surface area contributed by atoms with E-state index in [0.717, 1.165) is 5.82 Å². The topological polar surface area (TPSA) is 122 Å². The number of amides is 1. The molecule has 4 rings (SSSR count). The van der Waals surface area contributed by atoms with Crippen LogP contribution in [0.5, 0.6) is 0 Å². The van der Waals surface area contributed by atoms with Gasteiger partial charge in [-0.15, -0.1) is 0 Å². The van der Waals surface area contributed by atoms with Gasteiger partial charge in [-0.3, -0.25) is 4.79 Å². The maximum atomic E-state index is 12.9. The summed E-state index contributed by atoms with van der Waals surface area (Å²) in [4.78, 5) is 24.9. The molecule has 10 nitrogen and oxygen atoms in total. The first-order valence-corrected chi connectivity index (χ1v) is 11.7. The molecule has 1 saturated heterocycles. The molecular weight excluding hydrogens is 432 g/mol. The summed E-state index contributed by atoms with van der Waals surface area (Å²) in [6.07, 6.45) is 1.73. The number of aromatic nitrogens is 3. The fraction of sp³-hybridized carbons (Fsp3) is 0.333. The molecule has 1 aromatic carbocycles. The second-order valence-electron chi connectivity index (χ2n) is 7.50. The van der Waals surface area contributed by atoms with Gasteiger partial charge in [0.05, 0.1) is 11.4 Å². The Morgan fingerprint density at radius 1 is 1.12 bits per heavy atom. The zero-order chi connectivity index (χ0) is 22.7. The number of nitrogens with one attached hydrogen (secondary N) is 1. The van der Waals surface area contributed by atoms with Crippen molar-refractivity contribution in [2.45, 2.75) is 18.7 Å². The number of pyridine rings is 1. The van der Waals surface area contributed by atoms with Crippen LogP contribution in [0.1, 0.15) is 11.5 Å². The van der Waals surface area contributed by atoms with Crippen LogP contribution in [0.15, 0.2) is 52.0 Å². The van der Waals surface area contributed by atoms with Gasteiger partial charge in [0.1, 0.15) is 5.82 Å². The third-order valence-corrected chi connectivity index (χ3v) is 6.83. The van der Waals surface area contributed by atoms with Gasteiger partial charge in [-0.25, -0.2) is 18.1 Å². The molecule has 0 atom stereocenters. The van der Waals surface area contributed by atoms with E-state index in [1.165, 1.54) is 6.07 Å². The smallest absolute Gasteiger partial charge is 0.241 e. The maximum Gasteiger partial charge on any atom is 0.241 e. The molecule has 3 aromatic rings. The lowest BCUT2D eigenvalue weighted by molar-refractivity contribution is -0.130. The predicted molar refractivity (Wildman–Crippen MR) is 117 cm³/mol. The van der Waals surface area contributed by atoms with Gasteiger partial charge >= 0.3 is 0 Å². The summed E-state index contributed by atoms with van der Waals surface area (Å²) in [5.74, 6) is 1.29. The number of hydrogen-bond donors (Lipinski definition) is 1. The first kappa shape index (κ1) is 21.9. The van der Waals surface area contributed by atoms with Crippen molar-refractivity contribution < 1.29 is 17.7 Å². The molecule has 32 heavy (non-hydrogen) atoms. The van der Waals surface area contributed by atoms with Gasteiger partial charge < -0.3 is 14.3 Å². The van der Waals surface area contributed by atoms with Gasteiger partial charge in [-0.05, 0) is 30.7 Å². The minimum Gasteiger partial charge on any atom is -0.353 e. The fourth-order valence-corrected chi connectivity index (χ4v) is 4.76. The zero-order valence-electron chi connectivity index (χ0n) is 17.9. The highest BCUT2D eigenvalue weighted by Crippen LogP contribution is 2.23. The monoisotopic (exact) mass is 456 g/mol. The third-order valence-electron chi connectivity index (χ3n) is 5.28. The second kappa shape index (κ2) is 9.05. The Bertz CT molecular complexity index is 1200. The van der Waals surface area contributed by atoms with Crippen molar-refractivity contribution in [3.63, 3.8) is 0 Å². The standard InChI is InChI=1S/C21H24N6O4S/c1-15-6-7-17(21-24-16(2)31-25-21)13-18(15)32(29,30)23-14-20(28)27-11-9-26(10-12-27)19-5-3-4-8-22-19/h3-8,13,23H,9-12,14H2,1-2H3. The predicted octanol–water partition coefficient (Wildman–Crippen LogP) is 1.38. The molecule has 11 heteroatoms. The largest absolute Gasteiger partial charge is 0.353 e. The van der Waals surface area contributed by atoms with Crippen LogP contribution in [0.4, 0.5) is 5.82 Å². The van der Waals surface area contributed by atoms with E-state index in [0.29, 0.717) is 49.0 Å². The number of benzene rings is 1. The van der Waals surface area contributed by atoms with Crippen LogP contribution in [0.2, 0.25) is 0 Å². The summed E-state index contributed by atoms with van der Waals surface area (Å²) in [6.45, 7) is 5.33. The lowest BCUT2D eigenvalue weighted by atomic mass is 10.1. The number of hydrogen-bond acceptors (Lipinski definition) is 8. The summed E-state index contributed by atoms with van der Waals surface area (Å²) >= 11 is 0. The molecule has 1 amide bonds. The number of rotatable bonds is 6. The maximum absolute atomic E-state index is 12.9. The van der Waals surface area contributed by atoms with Gasteiger partial charge in [0, 0.05) is 44.9 Å². The Hall–Kier alpha value is -3.31. The van der Waals surface area contributed by atoms with Crippen LogP contribution < -0.4 is 9.62 Å². The number of aryl methyl sites for hydroxylation is 2. The molecule has 1 aliphatic heterocycles. The quantitative estimate of drug-likeness (QED) is 0.590. The Balaban J connectivity index is 1.39. The van der Waals surface area contributed by atoms with Crippen LogP contribution >= 0.6 is 0 Å². The number of anilines is 1. The molecule has 0 bridgehead atoms. The number of piperazine rings is 1. The highest BCUT2D eigenvalue weighted by atomic mass is 32.2. The molecular formula is C21H24N6O4S. The van der Waals surface area contributed by atoms with E-state index in [-0.39, 0.29) is 17.3 Å². The lowest BCUT2D eigenvalue weighted by Crippen LogP contribution is -2.51. The molecule has 168 valence electrons. The number of carbonyl (C=O) groups excluding carboxylic acids is 1. The number of sulfonamides is 1. The average Bonchev–Trinajstić information content (AvgIpc) is 3.24. The minimum absolute atomic E-state index is 0.0743. The van der Waals surface area contributed by atoms with Gasteiger partial charge in [-0.2, -0.15) is 4.98 Å². The van der Waals surface area contributed by atoms with Crippen molar-refractivity contribution in [2.24, 2.45) is 0 Å². The Morgan fingerprint density at radius 2 is 1.91 bits per heavy atom. The first-order chi connectivity index (χ1) is 15.3. The van der Waals surface area contributed by atoms with Crippen LogP contribution in [-0.2, 0) is 14.8 Å². The zero-order valence-corrected chi connectivity index (χ0v) is 18.7. The van der Waals surface area contributed by atoms with E-state index in [1.807, 2.05) is 18.2 Å². The van der Waals surface area contributed by atoms with Crippen LogP contribution in [0.25, 0.3) is 11.4 Å². The minimum atomic E-state index is -3.91. The van der Waals surface area contributed by atoms with Crippen molar-refractivity contribution in [1.29, 1.82) is 0 Å². The normalized spacial score (nSPS) is 14.6. The fourth-order valence-electron chi connectivity index (χ4n) is 3.52. The molecule has 0 spiro atoms. The van der Waals surface area contributed by atoms with Crippen molar-refractivity contribution in [3.8, 4) is 11.4 Å². The van der Waals surface area contributed by atoms with Crippen LogP contribution in [0, 0.1) is 13.8 Å². The molecule has 2 aromatic heterocycles. The summed E-state index contributed by atoms with van der Waals surface area (Å²) in [5.41, 5.74) is 1.07. The van der Waals surface area contributed by atoms with Gasteiger partial charge in [0.25, 0.3) is 0 Å². The van der Waals surface area contributed by atoms with E-state index in [9.17, 15) is 13.2 Å². The molecule has 0 unspecified atom stereocenters. The summed E-state index contributed by atoms with van der Waals surface area (Å²) in [5, 5.41) is 3.83. The second-order valence-corrected chi connectivity index (χ2v) is 9.23. The van der Waals surface area contributed by atoms with E-state index in [4.69, 9.17) is 4.52 Å². The van der Waals surface area contributed by atoms with E-state index in [1.54, 1.807) is 37.1 Å². The molecule has 1 aliphatic rings. The SMILES string of the molecule is Cc1nc(-c2ccc(C)c(S(=O)(=O)NCC(=O)N3CCN(c4ccccn4)CC3)c2)no1. The van der Waals surface area contributed by atoms with E-state index >= 15 is 0 Å². The Labute approximate surface area is 186 Å². The molecule has 0 aliphatic carbocycles. The number of nitrogens with zero attached hydrogens (tertiary/aromatic N) is 5. The summed E-state index contributed by atoms with van der Waals surface area (Å²) in [6, 6.07) is 10.6. The molecule has 0 radical (unpaired) electrons. The average molecular weight is 457 g/mol. The third kappa shape index (κ3) is 4.78. The van der Waals surface area contributed by atoms with E-state index in [2.05, 4.69) is 24.7 Å². The molecule has 0 saturated carbocycles. The van der Waals surface area contributed by atoms with E-state index < -0.39 is 10.0 Å². The first-order valence-electron chi connectivity index (χ1n) is 10.2. The van der Waals surface area contributed by atoms with Crippen molar-refractivity contribution in [1.82, 2.24) is 24.7 Å². The molecule has 1 fully saturated rings. The van der Waals surface area contributed by atoms with Gasteiger partial charge in [0.15, 0.2) is 0 Å². The highest BCUT2D eigenvalue weighted by Gasteiger charge is 2.24. The highest BCUT2D eigenvalue weighted by molar-refractivity contribution is 7.89. The van der Waals surface area contributed by atoms with Crippen molar-refractivity contribution in [2.75, 3.05) is 37.6 Å². The molecule has 1 N–H and O–H groups in total. The van der Waals surface area contributed by atoms with Crippen LogP contribution in [0.3, 0.4) is 0 Å². The lowest BCUT2D eigenvalue weighted by Gasteiger charge is -2.35. The van der Waals surface area contributed by atoms with Gasteiger partial charge in [0.2, 0.25) is 27.6 Å². The Kier molecular flexibility index (Phi) is 6.19. The van der Waals surface area contributed by atoms with Crippen molar-refractivity contribution in [3.05, 3.63) is 54.0 Å². The van der Waals surface area contributed by atoms with Crippen LogP contribution in [-0.4, -0.2) is 67.1 Å². The summed E-state index contributed by atoms with van der Waals surface area (Å²) < 4.78 is 33.2. The van der Waals surface area contributed by atoms with Gasteiger partial charge in [-0.1, -0.05) is 23.4 Å². The molecule has 3 heterocycles. The van der Waals surface area contributed by atoms with Crippen molar-refractivity contribution >= 4 is 21.7 Å².